The van der Waals surface area contributed by atoms with Crippen LogP contribution in [0.4, 0.5) is 15.8 Å². The van der Waals surface area contributed by atoms with Gasteiger partial charge >= 0.3 is 11.9 Å². The molecule has 0 saturated carbocycles. The molecule has 47 heavy (non-hydrogen) atoms. The lowest BCUT2D eigenvalue weighted by Crippen LogP contribution is -2.55. The van der Waals surface area contributed by atoms with E-state index in [9.17, 15) is 32.3 Å². The number of carbonyl (C=O) groups excluding carboxylic acids is 1. The third-order valence-electron chi connectivity index (χ3n) is 8.07. The van der Waals surface area contributed by atoms with Crippen molar-refractivity contribution < 1.29 is 42.1 Å². The topological polar surface area (TPSA) is 174 Å². The third kappa shape index (κ3) is 7.87. The van der Waals surface area contributed by atoms with E-state index in [4.69, 9.17) is 21.4 Å². The van der Waals surface area contributed by atoms with Gasteiger partial charge in [-0.2, -0.15) is 4.31 Å². The minimum absolute atomic E-state index is 0.00299. The Labute approximate surface area is 279 Å². The van der Waals surface area contributed by atoms with Crippen molar-refractivity contribution in [1.82, 2.24) is 9.62 Å². The fraction of sp³-hybridized carbons (Fsp3) is 0.387. The van der Waals surface area contributed by atoms with Crippen LogP contribution in [-0.4, -0.2) is 78.6 Å². The van der Waals surface area contributed by atoms with Gasteiger partial charge in [-0.3, -0.25) is 4.79 Å². The van der Waals surface area contributed by atoms with Crippen molar-refractivity contribution in [2.24, 2.45) is 5.92 Å². The first-order chi connectivity index (χ1) is 22.1. The van der Waals surface area contributed by atoms with E-state index >= 15 is 0 Å². The second-order valence-corrected chi connectivity index (χ2v) is 15.4. The number of aromatic carboxylic acids is 1. The molecule has 16 heteroatoms. The molecule has 0 radical (unpaired) electrons. The fourth-order valence-corrected chi connectivity index (χ4v) is 9.12. The number of piperidine rings is 1. The van der Waals surface area contributed by atoms with Crippen LogP contribution in [0.15, 0.2) is 42.5 Å². The Hall–Kier alpha value is -3.76. The zero-order valence-electron chi connectivity index (χ0n) is 25.5. The summed E-state index contributed by atoms with van der Waals surface area (Å²) in [6, 6.07) is 10.9. The molecule has 2 aliphatic rings. The van der Waals surface area contributed by atoms with Crippen LogP contribution >= 0.6 is 22.9 Å². The highest BCUT2D eigenvalue weighted by Crippen LogP contribution is 2.46. The van der Waals surface area contributed by atoms with Crippen molar-refractivity contribution in [1.29, 1.82) is 0 Å². The molecular formula is C31H34ClFN4O8S2. The van der Waals surface area contributed by atoms with E-state index < -0.39 is 39.9 Å². The number of carboxylic acid groups (broad SMARTS) is 2. The predicted octanol–water partition coefficient (Wildman–Crippen LogP) is 4.71. The van der Waals surface area contributed by atoms with Gasteiger partial charge in [-0.1, -0.05) is 29.8 Å². The summed E-state index contributed by atoms with van der Waals surface area (Å²) in [5, 5.41) is 27.6. The van der Waals surface area contributed by atoms with E-state index in [1.54, 1.807) is 18.2 Å². The number of nitrogens with one attached hydrogen (secondary N) is 3. The second kappa shape index (κ2) is 13.8. The smallest absolute Gasteiger partial charge is 0.349 e. The molecule has 0 bridgehead atoms. The first-order valence-electron chi connectivity index (χ1n) is 14.7. The van der Waals surface area contributed by atoms with Gasteiger partial charge in [0.25, 0.3) is 0 Å². The number of halogens is 2. The molecule has 1 atom stereocenters. The van der Waals surface area contributed by atoms with Gasteiger partial charge < -0.3 is 30.9 Å². The van der Waals surface area contributed by atoms with Crippen molar-refractivity contribution in [2.45, 2.75) is 44.0 Å². The van der Waals surface area contributed by atoms with Crippen LogP contribution in [0.3, 0.4) is 0 Å². The third-order valence-corrected chi connectivity index (χ3v) is 11.8. The number of rotatable bonds is 12. The number of thiophene rings is 1. The highest BCUT2D eigenvalue weighted by Gasteiger charge is 2.41. The number of carbonyl (C=O) groups is 3. The number of aliphatic carboxylic acids is 1. The van der Waals surface area contributed by atoms with Gasteiger partial charge in [0.05, 0.1) is 22.2 Å². The number of anilines is 2. The molecule has 5 N–H and O–H groups in total. The molecule has 0 spiro atoms. The van der Waals surface area contributed by atoms with Crippen LogP contribution in [0, 0.1) is 11.7 Å². The normalized spacial score (nSPS) is 18.3. The van der Waals surface area contributed by atoms with Crippen molar-refractivity contribution in [3.8, 4) is 16.2 Å². The van der Waals surface area contributed by atoms with Gasteiger partial charge in [0.15, 0.2) is 17.2 Å². The maximum absolute atomic E-state index is 14.4. The van der Waals surface area contributed by atoms with Gasteiger partial charge in [-0.05, 0) is 62.1 Å². The zero-order chi connectivity index (χ0) is 34.1. The van der Waals surface area contributed by atoms with Crippen LogP contribution in [0.5, 0.6) is 5.75 Å². The first-order valence-corrected chi connectivity index (χ1v) is 17.5. The molecule has 5 rings (SSSR count). The SMILES string of the molecule is CC1(C)C[C@@H](Nc2cccc(-c3sc(C(=O)O)c(OCC(=O)O)c3Cl)c2)CCN1S(=O)(=O)Cc1ccc(F)c(NC(=O)C2CNC2)c1. The Morgan fingerprint density at radius 3 is 2.55 bits per heavy atom. The molecule has 2 aliphatic heterocycles. The molecule has 252 valence electrons. The summed E-state index contributed by atoms with van der Waals surface area (Å²) in [5.41, 5.74) is 0.829. The Kier molecular flexibility index (Phi) is 10.1. The molecule has 1 aromatic heterocycles. The monoisotopic (exact) mass is 708 g/mol. The minimum Gasteiger partial charge on any atom is -0.479 e. The van der Waals surface area contributed by atoms with E-state index in [0.717, 1.165) is 17.4 Å². The molecule has 2 fully saturated rings. The van der Waals surface area contributed by atoms with Crippen LogP contribution in [0.1, 0.15) is 41.9 Å². The van der Waals surface area contributed by atoms with Crippen LogP contribution < -0.4 is 20.7 Å². The summed E-state index contributed by atoms with van der Waals surface area (Å²) in [6.45, 7) is 4.19. The Morgan fingerprint density at radius 2 is 1.91 bits per heavy atom. The maximum atomic E-state index is 14.4. The van der Waals surface area contributed by atoms with Gasteiger partial charge in [0.2, 0.25) is 15.9 Å². The summed E-state index contributed by atoms with van der Waals surface area (Å²) in [5.74, 6) is -4.34. The quantitative estimate of drug-likeness (QED) is 0.177. The average Bonchev–Trinajstić information content (AvgIpc) is 3.28. The molecule has 2 saturated heterocycles. The van der Waals surface area contributed by atoms with E-state index in [0.29, 0.717) is 47.6 Å². The van der Waals surface area contributed by atoms with Crippen molar-refractivity contribution in [2.75, 3.05) is 36.9 Å². The number of hydrogen-bond donors (Lipinski definition) is 5. The summed E-state index contributed by atoms with van der Waals surface area (Å²) in [7, 11) is -3.82. The zero-order valence-corrected chi connectivity index (χ0v) is 27.9. The lowest BCUT2D eigenvalue weighted by Gasteiger charge is -2.45. The van der Waals surface area contributed by atoms with Crippen LogP contribution in [0.2, 0.25) is 5.02 Å². The van der Waals surface area contributed by atoms with Crippen molar-refractivity contribution in [3.63, 3.8) is 0 Å². The van der Waals surface area contributed by atoms with E-state index in [1.165, 1.54) is 16.4 Å². The minimum atomic E-state index is -3.82. The lowest BCUT2D eigenvalue weighted by atomic mass is 9.89. The van der Waals surface area contributed by atoms with Crippen molar-refractivity contribution >= 4 is 62.2 Å². The van der Waals surface area contributed by atoms with E-state index in [1.807, 2.05) is 19.9 Å². The van der Waals surface area contributed by atoms with Crippen LogP contribution in [0.25, 0.3) is 10.4 Å². The molecule has 3 heterocycles. The average molecular weight is 709 g/mol. The van der Waals surface area contributed by atoms with E-state index in [2.05, 4.69) is 16.0 Å². The summed E-state index contributed by atoms with van der Waals surface area (Å²) in [4.78, 5) is 35.3. The number of sulfonamides is 1. The van der Waals surface area contributed by atoms with Gasteiger partial charge in [0, 0.05) is 36.9 Å². The van der Waals surface area contributed by atoms with Crippen molar-refractivity contribution in [3.05, 3.63) is 63.7 Å². The number of ether oxygens (including phenoxy) is 1. The molecule has 1 amide bonds. The summed E-state index contributed by atoms with van der Waals surface area (Å²) < 4.78 is 48.4. The fourth-order valence-electron chi connectivity index (χ4n) is 5.75. The van der Waals surface area contributed by atoms with Gasteiger partial charge in [-0.15, -0.1) is 11.3 Å². The van der Waals surface area contributed by atoms with Gasteiger partial charge in [-0.25, -0.2) is 22.4 Å². The summed E-state index contributed by atoms with van der Waals surface area (Å²) >= 11 is 7.33. The maximum Gasteiger partial charge on any atom is 0.349 e. The molecule has 2 aromatic carbocycles. The standard InChI is InChI=1S/C31H34ClFN4O8S2/c1-31(2)12-21(35-20-5-3-4-18(11-20)27-25(32)26(45-15-24(38)39)28(46-27)30(41)42)8-9-37(31)47(43,44)16-17-6-7-22(33)23(10-17)36-29(40)19-13-34-14-19/h3-7,10-11,19,21,34-35H,8-9,12-16H2,1-2H3,(H,36,40)(H,38,39)(H,41,42)/t21-/m0/s1. The highest BCUT2D eigenvalue weighted by atomic mass is 35.5. The number of benzene rings is 2. The number of amides is 1. The summed E-state index contributed by atoms with van der Waals surface area (Å²) in [6.07, 6.45) is 0.954. The Balaban J connectivity index is 1.27. The van der Waals surface area contributed by atoms with Gasteiger partial charge in [0.1, 0.15) is 10.8 Å². The second-order valence-electron chi connectivity index (χ2n) is 12.1. The highest BCUT2D eigenvalue weighted by molar-refractivity contribution is 7.88. The molecule has 12 nitrogen and oxygen atoms in total. The lowest BCUT2D eigenvalue weighted by molar-refractivity contribution is -0.139. The molecule has 0 aliphatic carbocycles. The molecular weight excluding hydrogens is 675 g/mol. The Morgan fingerprint density at radius 1 is 1.17 bits per heavy atom. The first kappa shape index (κ1) is 34.6. The van der Waals surface area contributed by atoms with E-state index in [-0.39, 0.29) is 51.5 Å². The predicted molar refractivity (Wildman–Crippen MR) is 176 cm³/mol. The molecule has 0 unspecified atom stereocenters. The largest absolute Gasteiger partial charge is 0.479 e. The number of nitrogens with zero attached hydrogens (tertiary/aromatic N) is 1. The van der Waals surface area contributed by atoms with Crippen LogP contribution in [-0.2, 0) is 25.4 Å². The number of hydrogen-bond acceptors (Lipinski definition) is 9. The Bertz CT molecular complexity index is 1810. The molecule has 3 aromatic rings. The number of carboxylic acids is 2.